The Labute approximate surface area is 139 Å². The van der Waals surface area contributed by atoms with Crippen LogP contribution in [0.1, 0.15) is 60.8 Å². The van der Waals surface area contributed by atoms with E-state index in [2.05, 4.69) is 10.6 Å². The van der Waals surface area contributed by atoms with Crippen molar-refractivity contribution in [2.75, 3.05) is 13.1 Å². The molecule has 0 aromatic heterocycles. The number of hydrogen-bond donors (Lipinski definition) is 3. The van der Waals surface area contributed by atoms with E-state index in [1.54, 1.807) is 41.5 Å². The van der Waals surface area contributed by atoms with Crippen molar-refractivity contribution < 1.29 is 19.1 Å². The molecule has 7 heteroatoms. The van der Waals surface area contributed by atoms with Crippen LogP contribution < -0.4 is 16.4 Å². The zero-order valence-electron chi connectivity index (χ0n) is 15.3. The zero-order chi connectivity index (χ0) is 18.1. The summed E-state index contributed by atoms with van der Waals surface area (Å²) >= 11 is 0. The number of rotatable bonds is 7. The Morgan fingerprint density at radius 3 is 1.96 bits per heavy atom. The maximum absolute atomic E-state index is 11.9. The maximum Gasteiger partial charge on any atom is 0.407 e. The van der Waals surface area contributed by atoms with Crippen LogP contribution in [0.5, 0.6) is 0 Å². The lowest BCUT2D eigenvalue weighted by Gasteiger charge is -2.25. The highest BCUT2D eigenvalue weighted by Crippen LogP contribution is 2.09. The highest BCUT2D eigenvalue weighted by atomic mass is 16.6. The lowest BCUT2D eigenvalue weighted by atomic mass is 10.1. The maximum atomic E-state index is 11.9. The van der Waals surface area contributed by atoms with Crippen LogP contribution in [0.4, 0.5) is 9.59 Å². The second-order valence-electron chi connectivity index (χ2n) is 7.51. The Bertz CT molecular complexity index is 373. The van der Waals surface area contributed by atoms with Crippen LogP contribution in [0.2, 0.25) is 0 Å². The minimum Gasteiger partial charge on any atom is -0.444 e. The second-order valence-corrected chi connectivity index (χ2v) is 7.51. The Balaban J connectivity index is 4.44. The fraction of sp³-hybridized carbons (Fsp3) is 0.875. The van der Waals surface area contributed by atoms with Gasteiger partial charge in [-0.15, -0.1) is 0 Å². The molecule has 0 heterocycles. The molecule has 4 N–H and O–H groups in total. The van der Waals surface area contributed by atoms with Gasteiger partial charge in [-0.3, -0.25) is 0 Å². The Morgan fingerprint density at radius 1 is 0.957 bits per heavy atom. The normalized spacial score (nSPS) is 13.2. The molecular formula is C16H33N3O4. The average molecular weight is 331 g/mol. The topological polar surface area (TPSA) is 103 Å². The van der Waals surface area contributed by atoms with E-state index in [1.165, 1.54) is 0 Å². The molecule has 0 saturated heterocycles. The van der Waals surface area contributed by atoms with Crippen LogP contribution in [-0.2, 0) is 9.47 Å². The number of unbranched alkanes of at least 4 members (excludes halogenated alkanes) is 1. The number of nitrogens with two attached hydrogens (primary N) is 1. The molecular weight excluding hydrogens is 298 g/mol. The molecule has 0 aromatic rings. The van der Waals surface area contributed by atoms with Gasteiger partial charge in [0.25, 0.3) is 0 Å². The Morgan fingerprint density at radius 2 is 1.48 bits per heavy atom. The number of hydrogen-bond acceptors (Lipinski definition) is 5. The first-order valence-electron chi connectivity index (χ1n) is 8.09. The van der Waals surface area contributed by atoms with Gasteiger partial charge in [-0.25, -0.2) is 9.59 Å². The molecule has 7 nitrogen and oxygen atoms in total. The van der Waals surface area contributed by atoms with E-state index in [9.17, 15) is 9.59 Å². The predicted octanol–water partition coefficient (Wildman–Crippen LogP) is 2.53. The van der Waals surface area contributed by atoms with Crippen molar-refractivity contribution in [3.63, 3.8) is 0 Å². The van der Waals surface area contributed by atoms with Gasteiger partial charge in [0.05, 0.1) is 0 Å². The quantitative estimate of drug-likeness (QED) is 0.622. The van der Waals surface area contributed by atoms with Crippen LogP contribution >= 0.6 is 0 Å². The van der Waals surface area contributed by atoms with E-state index in [0.29, 0.717) is 13.0 Å². The molecule has 0 aliphatic heterocycles. The molecule has 0 aliphatic rings. The molecule has 2 amide bonds. The van der Waals surface area contributed by atoms with E-state index in [-0.39, 0.29) is 12.6 Å². The van der Waals surface area contributed by atoms with Crippen molar-refractivity contribution in [2.24, 2.45) is 5.73 Å². The van der Waals surface area contributed by atoms with Crippen LogP contribution in [-0.4, -0.2) is 42.5 Å². The monoisotopic (exact) mass is 331 g/mol. The summed E-state index contributed by atoms with van der Waals surface area (Å²) in [5, 5.41) is 5.45. The summed E-state index contributed by atoms with van der Waals surface area (Å²) < 4.78 is 10.4. The smallest absolute Gasteiger partial charge is 0.407 e. The molecule has 0 aromatic carbocycles. The van der Waals surface area contributed by atoms with Gasteiger partial charge >= 0.3 is 12.2 Å². The minimum atomic E-state index is -0.565. The van der Waals surface area contributed by atoms with E-state index in [4.69, 9.17) is 15.2 Å². The van der Waals surface area contributed by atoms with Crippen molar-refractivity contribution in [1.29, 1.82) is 0 Å². The van der Waals surface area contributed by atoms with Gasteiger partial charge < -0.3 is 25.8 Å². The van der Waals surface area contributed by atoms with Crippen LogP contribution in [0.15, 0.2) is 0 Å². The Hall–Kier alpha value is -1.50. The van der Waals surface area contributed by atoms with Crippen molar-refractivity contribution in [2.45, 2.75) is 78.0 Å². The lowest BCUT2D eigenvalue weighted by Crippen LogP contribution is -2.46. The summed E-state index contributed by atoms with van der Waals surface area (Å²) in [5.41, 5.74) is 4.37. The molecule has 23 heavy (non-hydrogen) atoms. The number of carbonyl (C=O) groups is 2. The van der Waals surface area contributed by atoms with Crippen molar-refractivity contribution in [3.05, 3.63) is 0 Å². The van der Waals surface area contributed by atoms with Gasteiger partial charge in [0.15, 0.2) is 0 Å². The average Bonchev–Trinajstić information content (AvgIpc) is 2.31. The summed E-state index contributed by atoms with van der Waals surface area (Å²) in [6.45, 7) is 11.7. The molecule has 1 atom stereocenters. The summed E-state index contributed by atoms with van der Waals surface area (Å²) in [5.74, 6) is 0. The molecule has 136 valence electrons. The van der Waals surface area contributed by atoms with Crippen LogP contribution in [0, 0.1) is 0 Å². The third-order valence-corrected chi connectivity index (χ3v) is 2.62. The van der Waals surface area contributed by atoms with Crippen molar-refractivity contribution in [1.82, 2.24) is 10.6 Å². The summed E-state index contributed by atoms with van der Waals surface area (Å²) in [4.78, 5) is 23.6. The molecule has 1 unspecified atom stereocenters. The van der Waals surface area contributed by atoms with E-state index < -0.39 is 23.4 Å². The molecule has 0 saturated carbocycles. The van der Waals surface area contributed by atoms with Gasteiger partial charge in [-0.05, 0) is 60.9 Å². The highest BCUT2D eigenvalue weighted by Gasteiger charge is 2.21. The molecule has 0 radical (unpaired) electrons. The summed E-state index contributed by atoms with van der Waals surface area (Å²) in [6, 6.07) is -0.232. The summed E-state index contributed by atoms with van der Waals surface area (Å²) in [6.07, 6.45) is 1.41. The number of nitrogens with one attached hydrogen (secondary N) is 2. The largest absolute Gasteiger partial charge is 0.444 e. The highest BCUT2D eigenvalue weighted by molar-refractivity contribution is 5.69. The number of ether oxygens (including phenoxy) is 2. The Kier molecular flexibility index (Phi) is 8.97. The SMILES string of the molecule is CC(C)(C)OC(=O)NCC(CCCCN)NC(=O)OC(C)(C)C. The van der Waals surface area contributed by atoms with Crippen molar-refractivity contribution in [3.8, 4) is 0 Å². The van der Waals surface area contributed by atoms with E-state index in [0.717, 1.165) is 12.8 Å². The second kappa shape index (κ2) is 9.60. The number of amides is 2. The first-order chi connectivity index (χ1) is 10.4. The molecule has 0 spiro atoms. The third-order valence-electron chi connectivity index (χ3n) is 2.62. The van der Waals surface area contributed by atoms with E-state index in [1.807, 2.05) is 0 Å². The first kappa shape index (κ1) is 21.5. The molecule has 0 fully saturated rings. The van der Waals surface area contributed by atoms with Gasteiger partial charge in [-0.1, -0.05) is 6.42 Å². The standard InChI is InChI=1S/C16H33N3O4/c1-15(2,3)22-13(20)18-11-12(9-7-8-10-17)19-14(21)23-16(4,5)6/h12H,7-11,17H2,1-6H3,(H,18,20)(H,19,21). The fourth-order valence-corrected chi connectivity index (χ4v) is 1.76. The molecule has 0 rings (SSSR count). The van der Waals surface area contributed by atoms with Crippen LogP contribution in [0.25, 0.3) is 0 Å². The molecule has 0 aliphatic carbocycles. The van der Waals surface area contributed by atoms with E-state index >= 15 is 0 Å². The van der Waals surface area contributed by atoms with Gasteiger partial charge in [0.2, 0.25) is 0 Å². The number of alkyl carbamates (subject to hydrolysis) is 2. The van der Waals surface area contributed by atoms with Gasteiger partial charge in [-0.2, -0.15) is 0 Å². The third kappa shape index (κ3) is 13.9. The zero-order valence-corrected chi connectivity index (χ0v) is 15.3. The predicted molar refractivity (Wildman–Crippen MR) is 90.3 cm³/mol. The summed E-state index contributed by atoms with van der Waals surface area (Å²) in [7, 11) is 0. The fourth-order valence-electron chi connectivity index (χ4n) is 1.76. The minimum absolute atomic E-state index is 0.232. The van der Waals surface area contributed by atoms with Crippen LogP contribution in [0.3, 0.4) is 0 Å². The first-order valence-corrected chi connectivity index (χ1v) is 8.09. The lowest BCUT2D eigenvalue weighted by molar-refractivity contribution is 0.0460. The van der Waals surface area contributed by atoms with Crippen molar-refractivity contribution >= 4 is 12.2 Å². The van der Waals surface area contributed by atoms with Gasteiger partial charge in [0, 0.05) is 12.6 Å². The molecule has 0 bridgehead atoms. The van der Waals surface area contributed by atoms with Gasteiger partial charge in [0.1, 0.15) is 11.2 Å². The number of carbonyl (C=O) groups excluding carboxylic acids is 2.